The fraction of sp³-hybridized carbons (Fsp3) is 0.478. The van der Waals surface area contributed by atoms with Gasteiger partial charge in [-0.25, -0.2) is 0 Å². The van der Waals surface area contributed by atoms with Crippen molar-refractivity contribution < 1.29 is 14.9 Å². The molecule has 0 heterocycles. The zero-order chi connectivity index (χ0) is 19.3. The monoisotopic (exact) mass is 371 g/mol. The normalized spacial score (nSPS) is 12.3. The van der Waals surface area contributed by atoms with Crippen LogP contribution in [0.3, 0.4) is 0 Å². The highest BCUT2D eigenvalue weighted by molar-refractivity contribution is 5.24. The number of rotatable bonds is 13. The number of hydrogen-bond donors (Lipinski definition) is 2. The van der Waals surface area contributed by atoms with Crippen molar-refractivity contribution in [2.45, 2.75) is 45.3 Å². The zero-order valence-corrected chi connectivity index (χ0v) is 16.4. The van der Waals surface area contributed by atoms with Crippen molar-refractivity contribution in [2.24, 2.45) is 0 Å². The van der Waals surface area contributed by atoms with Gasteiger partial charge in [0.1, 0.15) is 12.4 Å². The standard InChI is InChI=1S/C23H33NO3/c1-2-7-22(18-26)24(16-17-25)15-6-8-20-11-13-21(14-12-20)19-27-23-9-4-3-5-10-23/h3-5,9-14,22,25-26H,2,6-8,15-19H2,1H3/t22-/m1/s1. The Kier molecular flexibility index (Phi) is 9.91. The number of ether oxygens (including phenoxy) is 1. The van der Waals surface area contributed by atoms with Crippen LogP contribution < -0.4 is 4.74 Å². The molecule has 4 nitrogen and oxygen atoms in total. The molecule has 2 aromatic rings. The number of benzene rings is 2. The lowest BCUT2D eigenvalue weighted by atomic mass is 10.1. The van der Waals surface area contributed by atoms with Gasteiger partial charge in [0, 0.05) is 12.6 Å². The third kappa shape index (κ3) is 7.71. The van der Waals surface area contributed by atoms with E-state index in [2.05, 4.69) is 36.1 Å². The molecule has 0 saturated carbocycles. The summed E-state index contributed by atoms with van der Waals surface area (Å²) in [4.78, 5) is 2.21. The van der Waals surface area contributed by atoms with Crippen molar-refractivity contribution in [1.82, 2.24) is 4.90 Å². The summed E-state index contributed by atoms with van der Waals surface area (Å²) < 4.78 is 5.78. The van der Waals surface area contributed by atoms with E-state index in [0.29, 0.717) is 13.2 Å². The van der Waals surface area contributed by atoms with Crippen LogP contribution in [0.4, 0.5) is 0 Å². The smallest absolute Gasteiger partial charge is 0.119 e. The molecule has 0 unspecified atom stereocenters. The number of nitrogens with zero attached hydrogens (tertiary/aromatic N) is 1. The number of para-hydroxylation sites is 1. The maximum atomic E-state index is 9.60. The topological polar surface area (TPSA) is 52.9 Å². The van der Waals surface area contributed by atoms with E-state index in [0.717, 1.165) is 43.5 Å². The predicted molar refractivity (Wildman–Crippen MR) is 110 cm³/mol. The largest absolute Gasteiger partial charge is 0.489 e. The minimum Gasteiger partial charge on any atom is -0.489 e. The van der Waals surface area contributed by atoms with Crippen LogP contribution in [0.5, 0.6) is 5.75 Å². The van der Waals surface area contributed by atoms with Gasteiger partial charge < -0.3 is 14.9 Å². The van der Waals surface area contributed by atoms with Crippen molar-refractivity contribution in [3.63, 3.8) is 0 Å². The third-order valence-corrected chi connectivity index (χ3v) is 4.82. The molecule has 0 amide bonds. The fourth-order valence-electron chi connectivity index (χ4n) is 3.30. The summed E-state index contributed by atoms with van der Waals surface area (Å²) in [5, 5.41) is 18.9. The lowest BCUT2D eigenvalue weighted by Gasteiger charge is -2.29. The van der Waals surface area contributed by atoms with Gasteiger partial charge in [0.25, 0.3) is 0 Å². The van der Waals surface area contributed by atoms with Gasteiger partial charge in [0.2, 0.25) is 0 Å². The lowest BCUT2D eigenvalue weighted by molar-refractivity contribution is 0.0946. The molecule has 2 aromatic carbocycles. The van der Waals surface area contributed by atoms with Crippen LogP contribution >= 0.6 is 0 Å². The maximum absolute atomic E-state index is 9.60. The molecule has 0 aliphatic rings. The average Bonchev–Trinajstić information content (AvgIpc) is 2.71. The molecule has 0 aromatic heterocycles. The van der Waals surface area contributed by atoms with E-state index in [-0.39, 0.29) is 19.3 Å². The first-order valence-electron chi connectivity index (χ1n) is 9.98. The summed E-state index contributed by atoms with van der Waals surface area (Å²) in [7, 11) is 0. The molecule has 148 valence electrons. The molecule has 0 spiro atoms. The maximum Gasteiger partial charge on any atom is 0.119 e. The molecule has 1 atom stereocenters. The Bertz CT molecular complexity index is 615. The second-order valence-corrected chi connectivity index (χ2v) is 6.91. The van der Waals surface area contributed by atoms with Crippen molar-refractivity contribution in [1.29, 1.82) is 0 Å². The average molecular weight is 372 g/mol. The second kappa shape index (κ2) is 12.5. The quantitative estimate of drug-likeness (QED) is 0.564. The summed E-state index contributed by atoms with van der Waals surface area (Å²) in [6.07, 6.45) is 4.01. The van der Waals surface area contributed by atoms with Crippen LogP contribution in [0, 0.1) is 0 Å². The Morgan fingerprint density at radius 2 is 1.63 bits per heavy atom. The van der Waals surface area contributed by atoms with Crippen LogP contribution in [0.15, 0.2) is 54.6 Å². The highest BCUT2D eigenvalue weighted by Crippen LogP contribution is 2.14. The van der Waals surface area contributed by atoms with Gasteiger partial charge in [-0.15, -0.1) is 0 Å². The number of aryl methyl sites for hydroxylation is 1. The van der Waals surface area contributed by atoms with Gasteiger partial charge in [0.05, 0.1) is 13.2 Å². The fourth-order valence-corrected chi connectivity index (χ4v) is 3.30. The minimum atomic E-state index is 0.135. The summed E-state index contributed by atoms with van der Waals surface area (Å²) in [6.45, 7) is 4.51. The molecule has 2 N–H and O–H groups in total. The molecular weight excluding hydrogens is 338 g/mol. The zero-order valence-electron chi connectivity index (χ0n) is 16.4. The van der Waals surface area contributed by atoms with Crippen molar-refractivity contribution in [2.75, 3.05) is 26.3 Å². The predicted octanol–water partition coefficient (Wildman–Crippen LogP) is 3.65. The van der Waals surface area contributed by atoms with E-state index in [9.17, 15) is 10.2 Å². The molecule has 4 heteroatoms. The van der Waals surface area contributed by atoms with Gasteiger partial charge in [-0.05, 0) is 49.1 Å². The molecule has 0 aliphatic carbocycles. The van der Waals surface area contributed by atoms with Crippen molar-refractivity contribution in [3.8, 4) is 5.75 Å². The molecule has 0 saturated heterocycles. The van der Waals surface area contributed by atoms with Gasteiger partial charge in [-0.2, -0.15) is 0 Å². The molecular formula is C23H33NO3. The summed E-state index contributed by atoms with van der Waals surface area (Å²) >= 11 is 0. The third-order valence-electron chi connectivity index (χ3n) is 4.82. The van der Waals surface area contributed by atoms with E-state index < -0.39 is 0 Å². The van der Waals surface area contributed by atoms with Gasteiger partial charge >= 0.3 is 0 Å². The Labute approximate surface area is 163 Å². The van der Waals surface area contributed by atoms with Crippen LogP contribution in [-0.4, -0.2) is 47.5 Å². The van der Waals surface area contributed by atoms with E-state index in [1.54, 1.807) is 0 Å². The first kappa shape index (κ1) is 21.4. The number of aliphatic hydroxyl groups excluding tert-OH is 2. The van der Waals surface area contributed by atoms with Gasteiger partial charge in [-0.3, -0.25) is 4.90 Å². The highest BCUT2D eigenvalue weighted by atomic mass is 16.5. The molecule has 27 heavy (non-hydrogen) atoms. The summed E-state index contributed by atoms with van der Waals surface area (Å²) in [5.74, 6) is 0.885. The highest BCUT2D eigenvalue weighted by Gasteiger charge is 2.15. The Balaban J connectivity index is 1.78. The molecule has 0 radical (unpaired) electrons. The van der Waals surface area contributed by atoms with E-state index in [1.165, 1.54) is 5.56 Å². The molecule has 0 bridgehead atoms. The van der Waals surface area contributed by atoms with E-state index >= 15 is 0 Å². The Morgan fingerprint density at radius 1 is 0.926 bits per heavy atom. The number of hydrogen-bond acceptors (Lipinski definition) is 4. The first-order chi connectivity index (χ1) is 13.3. The van der Waals surface area contributed by atoms with Crippen molar-refractivity contribution >= 4 is 0 Å². The SMILES string of the molecule is CCC[C@H](CO)N(CCO)CCCc1ccc(COc2ccccc2)cc1. The van der Waals surface area contributed by atoms with Crippen LogP contribution in [0.25, 0.3) is 0 Å². The lowest BCUT2D eigenvalue weighted by Crippen LogP contribution is -2.40. The molecule has 2 rings (SSSR count). The van der Waals surface area contributed by atoms with Crippen LogP contribution in [-0.2, 0) is 13.0 Å². The Morgan fingerprint density at radius 3 is 2.26 bits per heavy atom. The van der Waals surface area contributed by atoms with Gasteiger partial charge in [0.15, 0.2) is 0 Å². The Hall–Kier alpha value is -1.88. The summed E-state index contributed by atoms with van der Waals surface area (Å²) in [5.41, 5.74) is 2.46. The van der Waals surface area contributed by atoms with Crippen LogP contribution in [0.2, 0.25) is 0 Å². The second-order valence-electron chi connectivity index (χ2n) is 6.91. The molecule has 0 aliphatic heterocycles. The minimum absolute atomic E-state index is 0.135. The van der Waals surface area contributed by atoms with Crippen LogP contribution in [0.1, 0.15) is 37.3 Å². The van der Waals surface area contributed by atoms with E-state index in [4.69, 9.17) is 4.74 Å². The molecule has 0 fully saturated rings. The van der Waals surface area contributed by atoms with E-state index in [1.807, 2.05) is 30.3 Å². The first-order valence-corrected chi connectivity index (χ1v) is 9.98. The van der Waals surface area contributed by atoms with Crippen molar-refractivity contribution in [3.05, 3.63) is 65.7 Å². The summed E-state index contributed by atoms with van der Waals surface area (Å²) in [6, 6.07) is 18.6. The van der Waals surface area contributed by atoms with Gasteiger partial charge in [-0.1, -0.05) is 55.8 Å². The number of aliphatic hydroxyl groups is 2.